The van der Waals surface area contributed by atoms with Crippen LogP contribution in [0.5, 0.6) is 5.75 Å². The summed E-state index contributed by atoms with van der Waals surface area (Å²) in [4.78, 5) is 15.7. The second-order valence-corrected chi connectivity index (χ2v) is 4.68. The molecule has 98 valence electrons. The van der Waals surface area contributed by atoms with Crippen LogP contribution >= 0.6 is 11.8 Å². The largest absolute Gasteiger partial charge is 0.508 e. The number of methoxy groups -OCH3 is 1. The predicted octanol–water partition coefficient (Wildman–Crippen LogP) is 2.11. The van der Waals surface area contributed by atoms with E-state index in [1.807, 2.05) is 6.26 Å². The van der Waals surface area contributed by atoms with Gasteiger partial charge >= 0.3 is 5.97 Å². The first-order valence-electron chi connectivity index (χ1n) is 5.56. The SMILES string of the molecule is COC(=O)C(CCSC)N=Cc1ccc(O)cc1. The second-order valence-electron chi connectivity index (χ2n) is 3.69. The van der Waals surface area contributed by atoms with Gasteiger partial charge in [0, 0.05) is 6.21 Å². The standard InChI is InChI=1S/C13H17NO3S/c1-17-13(16)12(7-8-18-2)14-9-10-3-5-11(15)6-4-10/h3-6,9,12,15H,7-8H2,1-2H3. The van der Waals surface area contributed by atoms with Gasteiger partial charge < -0.3 is 9.84 Å². The molecule has 0 heterocycles. The van der Waals surface area contributed by atoms with Gasteiger partial charge in [0.2, 0.25) is 0 Å². The van der Waals surface area contributed by atoms with E-state index in [1.54, 1.807) is 42.2 Å². The number of thioether (sulfide) groups is 1. The molecule has 0 aliphatic heterocycles. The van der Waals surface area contributed by atoms with Crippen LogP contribution in [-0.2, 0) is 9.53 Å². The van der Waals surface area contributed by atoms with Crippen molar-refractivity contribution in [1.82, 2.24) is 0 Å². The molecule has 1 aromatic rings. The number of ether oxygens (including phenoxy) is 1. The molecule has 1 atom stereocenters. The Morgan fingerprint density at radius 3 is 2.72 bits per heavy atom. The summed E-state index contributed by atoms with van der Waals surface area (Å²) in [5.41, 5.74) is 0.839. The summed E-state index contributed by atoms with van der Waals surface area (Å²) in [6, 6.07) is 6.17. The summed E-state index contributed by atoms with van der Waals surface area (Å²) in [6.45, 7) is 0. The first-order valence-corrected chi connectivity index (χ1v) is 6.95. The van der Waals surface area contributed by atoms with Crippen LogP contribution in [0.2, 0.25) is 0 Å². The summed E-state index contributed by atoms with van der Waals surface area (Å²) in [6.07, 6.45) is 4.27. The van der Waals surface area contributed by atoms with Gasteiger partial charge in [0.15, 0.2) is 0 Å². The van der Waals surface area contributed by atoms with E-state index in [0.29, 0.717) is 6.42 Å². The number of carbonyl (C=O) groups is 1. The molecular formula is C13H17NO3S. The first kappa shape index (κ1) is 14.6. The molecule has 0 radical (unpaired) electrons. The number of esters is 1. The molecule has 0 amide bonds. The Morgan fingerprint density at radius 2 is 2.17 bits per heavy atom. The van der Waals surface area contributed by atoms with E-state index in [1.165, 1.54) is 7.11 Å². The Kier molecular flexibility index (Phi) is 6.28. The van der Waals surface area contributed by atoms with Crippen LogP contribution in [0.3, 0.4) is 0 Å². The average molecular weight is 267 g/mol. The van der Waals surface area contributed by atoms with Gasteiger partial charge in [-0.15, -0.1) is 0 Å². The Bertz CT molecular complexity index is 403. The lowest BCUT2D eigenvalue weighted by molar-refractivity contribution is -0.142. The van der Waals surface area contributed by atoms with E-state index in [0.717, 1.165) is 11.3 Å². The third-order valence-electron chi connectivity index (χ3n) is 2.37. The number of nitrogens with zero attached hydrogens (tertiary/aromatic N) is 1. The first-order chi connectivity index (χ1) is 8.67. The van der Waals surface area contributed by atoms with Crippen LogP contribution in [0.4, 0.5) is 0 Å². The molecule has 1 N–H and O–H groups in total. The molecular weight excluding hydrogens is 250 g/mol. The third kappa shape index (κ3) is 4.79. The van der Waals surface area contributed by atoms with Gasteiger partial charge in [-0.3, -0.25) is 4.99 Å². The van der Waals surface area contributed by atoms with Gasteiger partial charge in [0.05, 0.1) is 7.11 Å². The lowest BCUT2D eigenvalue weighted by Gasteiger charge is -2.08. The maximum Gasteiger partial charge on any atom is 0.330 e. The molecule has 0 spiro atoms. The van der Waals surface area contributed by atoms with E-state index in [9.17, 15) is 4.79 Å². The monoisotopic (exact) mass is 267 g/mol. The summed E-state index contributed by atoms with van der Waals surface area (Å²) in [5.74, 6) is 0.741. The van der Waals surface area contributed by atoms with Crippen molar-refractivity contribution in [1.29, 1.82) is 0 Å². The third-order valence-corrected chi connectivity index (χ3v) is 3.01. The minimum atomic E-state index is -0.462. The number of aliphatic imine (C=N–C) groups is 1. The van der Waals surface area contributed by atoms with Crippen LogP contribution in [0.25, 0.3) is 0 Å². The summed E-state index contributed by atoms with van der Waals surface area (Å²) < 4.78 is 4.72. The van der Waals surface area contributed by atoms with Crippen molar-refractivity contribution in [3.63, 3.8) is 0 Å². The van der Waals surface area contributed by atoms with Gasteiger partial charge in [0.1, 0.15) is 11.8 Å². The Morgan fingerprint density at radius 1 is 1.50 bits per heavy atom. The molecule has 18 heavy (non-hydrogen) atoms. The Balaban J connectivity index is 2.69. The highest BCUT2D eigenvalue weighted by atomic mass is 32.2. The van der Waals surface area contributed by atoms with Gasteiger partial charge in [-0.25, -0.2) is 4.79 Å². The lowest BCUT2D eigenvalue weighted by atomic mass is 10.2. The van der Waals surface area contributed by atoms with Crippen LogP contribution in [-0.4, -0.2) is 42.5 Å². The normalized spacial score (nSPS) is 12.6. The molecule has 0 bridgehead atoms. The number of aromatic hydroxyl groups is 1. The summed E-state index contributed by atoms with van der Waals surface area (Å²) >= 11 is 1.67. The number of phenols is 1. The Hall–Kier alpha value is -1.49. The maximum absolute atomic E-state index is 11.5. The lowest BCUT2D eigenvalue weighted by Crippen LogP contribution is -2.21. The molecule has 0 saturated heterocycles. The minimum absolute atomic E-state index is 0.207. The fourth-order valence-electron chi connectivity index (χ4n) is 1.36. The zero-order chi connectivity index (χ0) is 13.4. The van der Waals surface area contributed by atoms with Crippen molar-refractivity contribution in [3.05, 3.63) is 29.8 Å². The van der Waals surface area contributed by atoms with E-state index in [2.05, 4.69) is 4.99 Å². The smallest absolute Gasteiger partial charge is 0.330 e. The second kappa shape index (κ2) is 7.76. The van der Waals surface area contributed by atoms with Gasteiger partial charge in [-0.05, 0) is 48.3 Å². The van der Waals surface area contributed by atoms with E-state index < -0.39 is 6.04 Å². The molecule has 0 saturated carbocycles. The van der Waals surface area contributed by atoms with Crippen molar-refractivity contribution < 1.29 is 14.6 Å². The molecule has 0 aliphatic rings. The number of hydrogen-bond acceptors (Lipinski definition) is 5. The molecule has 5 heteroatoms. The highest BCUT2D eigenvalue weighted by molar-refractivity contribution is 7.98. The number of carbonyl (C=O) groups excluding carboxylic acids is 1. The maximum atomic E-state index is 11.5. The number of phenolic OH excluding ortho intramolecular Hbond substituents is 1. The van der Waals surface area contributed by atoms with Crippen LogP contribution in [0, 0.1) is 0 Å². The molecule has 1 aromatic carbocycles. The zero-order valence-electron chi connectivity index (χ0n) is 10.5. The molecule has 0 aliphatic carbocycles. The van der Waals surface area contributed by atoms with Gasteiger partial charge in [-0.1, -0.05) is 0 Å². The fraction of sp³-hybridized carbons (Fsp3) is 0.385. The van der Waals surface area contributed by atoms with E-state index in [-0.39, 0.29) is 11.7 Å². The molecule has 4 nitrogen and oxygen atoms in total. The van der Waals surface area contributed by atoms with E-state index in [4.69, 9.17) is 9.84 Å². The van der Waals surface area contributed by atoms with Crippen LogP contribution in [0.15, 0.2) is 29.3 Å². The topological polar surface area (TPSA) is 58.9 Å². The quantitative estimate of drug-likeness (QED) is 0.633. The Labute approximate surface area is 111 Å². The van der Waals surface area contributed by atoms with Crippen molar-refractivity contribution in [2.24, 2.45) is 4.99 Å². The minimum Gasteiger partial charge on any atom is -0.508 e. The number of rotatable bonds is 6. The molecule has 1 rings (SSSR count). The fourth-order valence-corrected chi connectivity index (χ4v) is 1.81. The van der Waals surface area contributed by atoms with Crippen molar-refractivity contribution in [2.75, 3.05) is 19.1 Å². The van der Waals surface area contributed by atoms with Gasteiger partial charge in [-0.2, -0.15) is 11.8 Å². The zero-order valence-corrected chi connectivity index (χ0v) is 11.3. The van der Waals surface area contributed by atoms with Crippen LogP contribution in [0.1, 0.15) is 12.0 Å². The number of benzene rings is 1. The average Bonchev–Trinajstić information content (AvgIpc) is 2.40. The number of hydrogen-bond donors (Lipinski definition) is 1. The van der Waals surface area contributed by atoms with Crippen molar-refractivity contribution in [3.8, 4) is 5.75 Å². The van der Waals surface area contributed by atoms with Crippen LogP contribution < -0.4 is 0 Å². The van der Waals surface area contributed by atoms with Crippen molar-refractivity contribution in [2.45, 2.75) is 12.5 Å². The van der Waals surface area contributed by atoms with E-state index >= 15 is 0 Å². The predicted molar refractivity (Wildman–Crippen MR) is 74.5 cm³/mol. The van der Waals surface area contributed by atoms with Gasteiger partial charge in [0.25, 0.3) is 0 Å². The summed E-state index contributed by atoms with van der Waals surface area (Å²) in [5, 5.41) is 9.16. The molecule has 0 fully saturated rings. The highest BCUT2D eigenvalue weighted by Gasteiger charge is 2.16. The molecule has 1 unspecified atom stereocenters. The summed E-state index contributed by atoms with van der Waals surface area (Å²) in [7, 11) is 1.37. The van der Waals surface area contributed by atoms with Crippen molar-refractivity contribution >= 4 is 23.9 Å². The molecule has 0 aromatic heterocycles. The highest BCUT2D eigenvalue weighted by Crippen LogP contribution is 2.10.